The molecule has 2 atom stereocenters. The summed E-state index contributed by atoms with van der Waals surface area (Å²) in [5, 5.41) is 20.8. The van der Waals surface area contributed by atoms with Crippen molar-refractivity contribution in [3.05, 3.63) is 39.4 Å². The van der Waals surface area contributed by atoms with Gasteiger partial charge in [-0.15, -0.1) is 0 Å². The van der Waals surface area contributed by atoms with Gasteiger partial charge in [0.1, 0.15) is 0 Å². The van der Waals surface area contributed by atoms with E-state index in [2.05, 4.69) is 0 Å². The van der Waals surface area contributed by atoms with E-state index in [0.29, 0.717) is 5.56 Å². The zero-order valence-electron chi connectivity index (χ0n) is 10.7. The third-order valence-electron chi connectivity index (χ3n) is 2.98. The Balaban J connectivity index is 3.34. The summed E-state index contributed by atoms with van der Waals surface area (Å²) in [4.78, 5) is 10.6. The average molecular weight is 237 g/mol. The van der Waals surface area contributed by atoms with E-state index in [1.165, 1.54) is 6.07 Å². The van der Waals surface area contributed by atoms with E-state index in [1.807, 2.05) is 20.8 Å². The minimum absolute atomic E-state index is 0.0928. The largest absolute Gasteiger partial charge is 0.393 e. The van der Waals surface area contributed by atoms with Gasteiger partial charge in [-0.3, -0.25) is 10.1 Å². The SMILES string of the molecule is Cc1ccc([N+](=O)[O-])c(C(C(C)C)C(C)O)c1. The van der Waals surface area contributed by atoms with Crippen LogP contribution in [-0.4, -0.2) is 16.1 Å². The Morgan fingerprint density at radius 2 is 1.88 bits per heavy atom. The van der Waals surface area contributed by atoms with Crippen LogP contribution < -0.4 is 0 Å². The van der Waals surface area contributed by atoms with Gasteiger partial charge in [-0.25, -0.2) is 0 Å². The van der Waals surface area contributed by atoms with Crippen LogP contribution in [0.1, 0.15) is 37.8 Å². The van der Waals surface area contributed by atoms with Crippen molar-refractivity contribution in [2.45, 2.75) is 39.7 Å². The van der Waals surface area contributed by atoms with Gasteiger partial charge in [0.2, 0.25) is 0 Å². The van der Waals surface area contributed by atoms with Gasteiger partial charge in [0.05, 0.1) is 11.0 Å². The van der Waals surface area contributed by atoms with Crippen molar-refractivity contribution < 1.29 is 10.0 Å². The molecule has 0 heterocycles. The topological polar surface area (TPSA) is 63.4 Å². The van der Waals surface area contributed by atoms with Gasteiger partial charge < -0.3 is 5.11 Å². The summed E-state index contributed by atoms with van der Waals surface area (Å²) in [7, 11) is 0. The Kier molecular flexibility index (Phi) is 4.23. The lowest BCUT2D eigenvalue weighted by Crippen LogP contribution is -2.21. The summed E-state index contributed by atoms with van der Waals surface area (Å²) in [6.07, 6.45) is -0.601. The smallest absolute Gasteiger partial charge is 0.272 e. The van der Waals surface area contributed by atoms with Crippen LogP contribution >= 0.6 is 0 Å². The van der Waals surface area contributed by atoms with Crippen molar-refractivity contribution in [3.63, 3.8) is 0 Å². The van der Waals surface area contributed by atoms with Crippen LogP contribution in [0.15, 0.2) is 18.2 Å². The molecule has 94 valence electrons. The maximum Gasteiger partial charge on any atom is 0.272 e. The number of hydrogen-bond donors (Lipinski definition) is 1. The Bertz CT molecular complexity index is 405. The highest BCUT2D eigenvalue weighted by molar-refractivity contribution is 5.45. The number of benzene rings is 1. The number of nitro groups is 1. The molecule has 0 amide bonds. The van der Waals surface area contributed by atoms with Gasteiger partial charge in [0.25, 0.3) is 5.69 Å². The first-order valence-electron chi connectivity index (χ1n) is 5.77. The molecule has 0 aromatic heterocycles. The molecule has 0 radical (unpaired) electrons. The van der Waals surface area contributed by atoms with Crippen molar-refractivity contribution in [2.75, 3.05) is 0 Å². The molecule has 1 aromatic carbocycles. The molecule has 0 saturated heterocycles. The Morgan fingerprint density at radius 3 is 2.29 bits per heavy atom. The molecule has 0 bridgehead atoms. The molecule has 0 fully saturated rings. The fraction of sp³-hybridized carbons (Fsp3) is 0.538. The van der Waals surface area contributed by atoms with Crippen molar-refractivity contribution in [2.24, 2.45) is 5.92 Å². The molecule has 2 unspecified atom stereocenters. The molecule has 0 spiro atoms. The molecule has 4 nitrogen and oxygen atoms in total. The number of hydrogen-bond acceptors (Lipinski definition) is 3. The predicted molar refractivity (Wildman–Crippen MR) is 67.1 cm³/mol. The number of nitro benzene ring substituents is 1. The summed E-state index contributed by atoms with van der Waals surface area (Å²) < 4.78 is 0. The predicted octanol–water partition coefficient (Wildman–Crippen LogP) is 3.02. The van der Waals surface area contributed by atoms with Crippen molar-refractivity contribution in [3.8, 4) is 0 Å². The third-order valence-corrected chi connectivity index (χ3v) is 2.98. The average Bonchev–Trinajstić information content (AvgIpc) is 2.15. The normalized spacial score (nSPS) is 14.7. The standard InChI is InChI=1S/C13H19NO3/c1-8(2)13(10(4)15)11-7-9(3)5-6-12(11)14(16)17/h5-8,10,13,15H,1-4H3. The molecule has 0 aliphatic carbocycles. The molecule has 1 aromatic rings. The van der Waals surface area contributed by atoms with Gasteiger partial charge in [0, 0.05) is 17.5 Å². The number of rotatable bonds is 4. The van der Waals surface area contributed by atoms with Gasteiger partial charge >= 0.3 is 0 Å². The lowest BCUT2D eigenvalue weighted by Gasteiger charge is -2.24. The second-order valence-corrected chi connectivity index (χ2v) is 4.83. The molecule has 0 aliphatic heterocycles. The molecular formula is C13H19NO3. The number of nitrogens with zero attached hydrogens (tertiary/aromatic N) is 1. The third kappa shape index (κ3) is 3.03. The maximum absolute atomic E-state index is 11.0. The molecule has 4 heteroatoms. The van der Waals surface area contributed by atoms with Crippen LogP contribution in [0, 0.1) is 23.0 Å². The Morgan fingerprint density at radius 1 is 1.29 bits per heavy atom. The van der Waals surface area contributed by atoms with E-state index in [1.54, 1.807) is 19.1 Å². The fourth-order valence-corrected chi connectivity index (χ4v) is 2.28. The minimum atomic E-state index is -0.601. The lowest BCUT2D eigenvalue weighted by molar-refractivity contribution is -0.386. The molecule has 1 N–H and O–H groups in total. The van der Waals surface area contributed by atoms with E-state index in [-0.39, 0.29) is 22.4 Å². The van der Waals surface area contributed by atoms with Crippen LogP contribution in [0.2, 0.25) is 0 Å². The van der Waals surface area contributed by atoms with Crippen LogP contribution in [-0.2, 0) is 0 Å². The van der Waals surface area contributed by atoms with Gasteiger partial charge in [-0.1, -0.05) is 25.5 Å². The monoisotopic (exact) mass is 237 g/mol. The molecule has 0 aliphatic rings. The lowest BCUT2D eigenvalue weighted by atomic mass is 9.83. The van der Waals surface area contributed by atoms with Crippen LogP contribution in [0.3, 0.4) is 0 Å². The first-order valence-corrected chi connectivity index (χ1v) is 5.77. The van der Waals surface area contributed by atoms with Crippen molar-refractivity contribution in [1.82, 2.24) is 0 Å². The van der Waals surface area contributed by atoms with E-state index < -0.39 is 6.10 Å². The molecule has 1 rings (SSSR count). The minimum Gasteiger partial charge on any atom is -0.393 e. The van der Waals surface area contributed by atoms with Crippen LogP contribution in [0.4, 0.5) is 5.69 Å². The molecule has 0 saturated carbocycles. The molecule has 17 heavy (non-hydrogen) atoms. The first-order chi connectivity index (χ1) is 7.84. The highest BCUT2D eigenvalue weighted by Crippen LogP contribution is 2.34. The van der Waals surface area contributed by atoms with E-state index in [4.69, 9.17) is 0 Å². The van der Waals surface area contributed by atoms with E-state index in [0.717, 1.165) is 5.56 Å². The van der Waals surface area contributed by atoms with Crippen LogP contribution in [0.5, 0.6) is 0 Å². The summed E-state index contributed by atoms with van der Waals surface area (Å²) >= 11 is 0. The maximum atomic E-state index is 11.0. The summed E-state index contributed by atoms with van der Waals surface area (Å²) in [6.45, 7) is 7.50. The Labute approximate surface area is 101 Å². The van der Waals surface area contributed by atoms with Gasteiger partial charge in [0.15, 0.2) is 0 Å². The van der Waals surface area contributed by atoms with E-state index >= 15 is 0 Å². The fourth-order valence-electron chi connectivity index (χ4n) is 2.28. The second kappa shape index (κ2) is 5.27. The Hall–Kier alpha value is -1.42. The first kappa shape index (κ1) is 13.6. The summed E-state index contributed by atoms with van der Waals surface area (Å²) in [6, 6.07) is 5.04. The highest BCUT2D eigenvalue weighted by atomic mass is 16.6. The molecular weight excluding hydrogens is 218 g/mol. The van der Waals surface area contributed by atoms with Gasteiger partial charge in [-0.05, 0) is 25.8 Å². The number of aryl methyl sites for hydroxylation is 1. The van der Waals surface area contributed by atoms with E-state index in [9.17, 15) is 15.2 Å². The van der Waals surface area contributed by atoms with Crippen molar-refractivity contribution >= 4 is 5.69 Å². The second-order valence-electron chi connectivity index (χ2n) is 4.83. The summed E-state index contributed by atoms with van der Waals surface area (Å²) in [5.41, 5.74) is 1.69. The number of aliphatic hydroxyl groups excluding tert-OH is 1. The quantitative estimate of drug-likeness (QED) is 0.646. The summed E-state index contributed by atoms with van der Waals surface area (Å²) in [5.74, 6) is -0.0641. The zero-order chi connectivity index (χ0) is 13.2. The zero-order valence-corrected chi connectivity index (χ0v) is 10.7. The highest BCUT2D eigenvalue weighted by Gasteiger charge is 2.28. The number of aliphatic hydroxyl groups is 1. The van der Waals surface area contributed by atoms with Gasteiger partial charge in [-0.2, -0.15) is 0 Å². The van der Waals surface area contributed by atoms with Crippen LogP contribution in [0.25, 0.3) is 0 Å². The van der Waals surface area contributed by atoms with Crippen molar-refractivity contribution in [1.29, 1.82) is 0 Å².